The Kier molecular flexibility index (Phi) is 8.02. The normalized spacial score (nSPS) is 9.00. The smallest absolute Gasteiger partial charge is 0.316 e. The summed E-state index contributed by atoms with van der Waals surface area (Å²) in [5.74, 6) is 0. The Labute approximate surface area is 103 Å². The summed E-state index contributed by atoms with van der Waals surface area (Å²) in [5.41, 5.74) is 1.39. The standard InChI is InChI=1S/C8H12N.C5H5.Fe/c1-9(2)7-8-5-3-4-6-8;1-2-4-5-3-1;/h3-6H,7H2,1-2H3;1-5H;/q2*-1;+2. The molecule has 0 N–H and O–H groups in total. The minimum atomic E-state index is 0. The minimum Gasteiger partial charge on any atom is -0.316 e. The van der Waals surface area contributed by atoms with Crippen LogP contribution in [0, 0.1) is 0 Å². The van der Waals surface area contributed by atoms with Gasteiger partial charge in [-0.05, 0) is 20.6 Å². The first kappa shape index (κ1) is 14.2. The average Bonchev–Trinajstić information content (AvgIpc) is 2.75. The van der Waals surface area contributed by atoms with Gasteiger partial charge in [0, 0.05) is 0 Å². The predicted molar refractivity (Wildman–Crippen MR) is 61.5 cm³/mol. The molecule has 0 heterocycles. The molecule has 0 aliphatic heterocycles. The van der Waals surface area contributed by atoms with E-state index >= 15 is 0 Å². The number of rotatable bonds is 2. The van der Waals surface area contributed by atoms with Crippen LogP contribution in [0.3, 0.4) is 0 Å². The molecular weight excluding hydrogens is 226 g/mol. The molecule has 0 fully saturated rings. The molecule has 0 radical (unpaired) electrons. The van der Waals surface area contributed by atoms with Crippen LogP contribution in [0.1, 0.15) is 5.56 Å². The summed E-state index contributed by atoms with van der Waals surface area (Å²) in [6, 6.07) is 18.4. The van der Waals surface area contributed by atoms with E-state index in [0.29, 0.717) is 0 Å². The van der Waals surface area contributed by atoms with Crippen molar-refractivity contribution < 1.29 is 17.1 Å². The molecule has 0 saturated heterocycles. The van der Waals surface area contributed by atoms with Gasteiger partial charge in [-0.1, -0.05) is 0 Å². The van der Waals surface area contributed by atoms with Crippen LogP contribution >= 0.6 is 0 Å². The summed E-state index contributed by atoms with van der Waals surface area (Å²) >= 11 is 0. The van der Waals surface area contributed by atoms with Gasteiger partial charge in [0.2, 0.25) is 0 Å². The van der Waals surface area contributed by atoms with Crippen molar-refractivity contribution in [3.8, 4) is 0 Å². The summed E-state index contributed by atoms with van der Waals surface area (Å²) in [7, 11) is 4.15. The van der Waals surface area contributed by atoms with Crippen LogP contribution in [0.4, 0.5) is 0 Å². The fraction of sp³-hybridized carbons (Fsp3) is 0.231. The van der Waals surface area contributed by atoms with E-state index in [-0.39, 0.29) is 17.1 Å². The fourth-order valence-corrected chi connectivity index (χ4v) is 1.21. The van der Waals surface area contributed by atoms with Gasteiger partial charge in [0.25, 0.3) is 0 Å². The van der Waals surface area contributed by atoms with E-state index in [1.165, 1.54) is 5.56 Å². The van der Waals surface area contributed by atoms with Crippen LogP contribution in [-0.4, -0.2) is 19.0 Å². The molecule has 0 unspecified atom stereocenters. The van der Waals surface area contributed by atoms with E-state index < -0.39 is 0 Å². The molecule has 0 saturated carbocycles. The first-order valence-electron chi connectivity index (χ1n) is 4.81. The van der Waals surface area contributed by atoms with E-state index in [1.807, 2.05) is 30.3 Å². The van der Waals surface area contributed by atoms with Crippen LogP contribution < -0.4 is 0 Å². The monoisotopic (exact) mass is 243 g/mol. The molecule has 0 aliphatic rings. The molecule has 0 spiro atoms. The van der Waals surface area contributed by atoms with Crippen LogP contribution in [0.15, 0.2) is 54.6 Å². The Balaban J connectivity index is 0.000000280. The van der Waals surface area contributed by atoms with Crippen LogP contribution in [-0.2, 0) is 23.6 Å². The average molecular weight is 243 g/mol. The Morgan fingerprint density at radius 1 is 1.00 bits per heavy atom. The minimum absolute atomic E-state index is 0. The van der Waals surface area contributed by atoms with Crippen molar-refractivity contribution in [3.05, 3.63) is 60.2 Å². The van der Waals surface area contributed by atoms with Crippen molar-refractivity contribution in [3.63, 3.8) is 0 Å². The third kappa shape index (κ3) is 7.15. The topological polar surface area (TPSA) is 3.24 Å². The van der Waals surface area contributed by atoms with Crippen LogP contribution in [0.2, 0.25) is 0 Å². The van der Waals surface area contributed by atoms with Crippen molar-refractivity contribution in [1.82, 2.24) is 4.90 Å². The van der Waals surface area contributed by atoms with Crippen molar-refractivity contribution in [2.75, 3.05) is 14.1 Å². The Bertz CT molecular complexity index is 278. The molecule has 2 rings (SSSR count). The van der Waals surface area contributed by atoms with Crippen molar-refractivity contribution in [2.24, 2.45) is 0 Å². The largest absolute Gasteiger partial charge is 2.00 e. The van der Waals surface area contributed by atoms with E-state index in [9.17, 15) is 0 Å². The van der Waals surface area contributed by atoms with E-state index in [2.05, 4.69) is 43.3 Å². The van der Waals surface area contributed by atoms with Gasteiger partial charge in [0.1, 0.15) is 0 Å². The number of nitrogens with zero attached hydrogens (tertiary/aromatic N) is 1. The molecule has 0 atom stereocenters. The second-order valence-corrected chi connectivity index (χ2v) is 3.49. The first-order chi connectivity index (χ1) is 6.79. The molecule has 0 aliphatic carbocycles. The Hall–Kier alpha value is -0.821. The maximum atomic E-state index is 2.16. The van der Waals surface area contributed by atoms with E-state index in [1.54, 1.807) is 0 Å². The maximum Gasteiger partial charge on any atom is 2.00 e. The van der Waals surface area contributed by atoms with Gasteiger partial charge < -0.3 is 4.90 Å². The summed E-state index contributed by atoms with van der Waals surface area (Å²) in [4.78, 5) is 2.16. The zero-order valence-electron chi connectivity index (χ0n) is 9.20. The number of hydrogen-bond acceptors (Lipinski definition) is 1. The third-order valence-corrected chi connectivity index (χ3v) is 1.79. The van der Waals surface area contributed by atoms with Crippen molar-refractivity contribution in [2.45, 2.75) is 6.54 Å². The molecule has 15 heavy (non-hydrogen) atoms. The van der Waals surface area contributed by atoms with Gasteiger partial charge in [-0.25, -0.2) is 24.3 Å². The molecule has 1 nitrogen and oxygen atoms in total. The molecule has 2 aromatic rings. The molecule has 0 bridgehead atoms. The molecule has 0 aromatic heterocycles. The van der Waals surface area contributed by atoms with Gasteiger partial charge in [-0.3, -0.25) is 0 Å². The first-order valence-corrected chi connectivity index (χ1v) is 4.81. The summed E-state index contributed by atoms with van der Waals surface area (Å²) in [6.07, 6.45) is 0. The quantitative estimate of drug-likeness (QED) is 0.579. The van der Waals surface area contributed by atoms with E-state index in [0.717, 1.165) is 6.54 Å². The van der Waals surface area contributed by atoms with Crippen LogP contribution in [0.25, 0.3) is 0 Å². The molecule has 2 aromatic carbocycles. The number of hydrogen-bond donors (Lipinski definition) is 0. The summed E-state index contributed by atoms with van der Waals surface area (Å²) in [6.45, 7) is 1.05. The second kappa shape index (κ2) is 8.48. The third-order valence-electron chi connectivity index (χ3n) is 1.79. The Morgan fingerprint density at radius 2 is 1.53 bits per heavy atom. The van der Waals surface area contributed by atoms with Gasteiger partial charge in [-0.2, -0.15) is 30.3 Å². The Morgan fingerprint density at radius 3 is 1.87 bits per heavy atom. The van der Waals surface area contributed by atoms with Crippen molar-refractivity contribution >= 4 is 0 Å². The zero-order valence-corrected chi connectivity index (χ0v) is 10.3. The summed E-state index contributed by atoms with van der Waals surface area (Å²) < 4.78 is 0. The van der Waals surface area contributed by atoms with Gasteiger partial charge >= 0.3 is 17.1 Å². The molecule has 0 amide bonds. The SMILES string of the molecule is CN(C)C[c-]1cccc1.[Fe+2].c1cc[cH-]c1. The zero-order chi connectivity index (χ0) is 10.2. The van der Waals surface area contributed by atoms with Gasteiger partial charge in [-0.15, -0.1) is 5.56 Å². The predicted octanol–water partition coefficient (Wildman–Crippen LogP) is 2.87. The van der Waals surface area contributed by atoms with Crippen molar-refractivity contribution in [1.29, 1.82) is 0 Å². The second-order valence-electron chi connectivity index (χ2n) is 3.49. The summed E-state index contributed by atoms with van der Waals surface area (Å²) in [5, 5.41) is 0. The molecule has 2 heteroatoms. The maximum absolute atomic E-state index is 2.16. The molecular formula is C13H17FeN. The van der Waals surface area contributed by atoms with E-state index in [4.69, 9.17) is 0 Å². The molecule has 82 valence electrons. The van der Waals surface area contributed by atoms with Gasteiger partial charge in [0.15, 0.2) is 0 Å². The van der Waals surface area contributed by atoms with Gasteiger partial charge in [0.05, 0.1) is 0 Å². The fourth-order valence-electron chi connectivity index (χ4n) is 1.21. The van der Waals surface area contributed by atoms with Crippen LogP contribution in [0.5, 0.6) is 0 Å².